The monoisotopic (exact) mass is 975 g/mol. The maximum absolute atomic E-state index is 15.9. The first-order valence-corrected chi connectivity index (χ1v) is 24.7. The Kier molecular flexibility index (Phi) is 13.2. The zero-order chi connectivity index (χ0) is 49.8. The molecule has 2 atom stereocenters. The van der Waals surface area contributed by atoms with Gasteiger partial charge >= 0.3 is 5.69 Å². The second-order valence-electron chi connectivity index (χ2n) is 20.0. The number of pyridine rings is 2. The van der Waals surface area contributed by atoms with Gasteiger partial charge in [-0.05, 0) is 106 Å². The molecule has 4 saturated heterocycles. The molecule has 0 saturated carbocycles. The van der Waals surface area contributed by atoms with Crippen LogP contribution in [-0.2, 0) is 36.8 Å². The normalized spacial score (nSPS) is 20.4. The maximum Gasteiger partial charge on any atom is 0.329 e. The fraction of sp³-hybridized carbons (Fsp3) is 0.462. The molecule has 71 heavy (non-hydrogen) atoms. The Morgan fingerprint density at radius 1 is 0.803 bits per heavy atom. The van der Waals surface area contributed by atoms with Crippen molar-refractivity contribution >= 4 is 45.5 Å². The van der Waals surface area contributed by atoms with Crippen molar-refractivity contribution in [3.63, 3.8) is 0 Å². The number of imidazole rings is 1. The first kappa shape index (κ1) is 48.1. The van der Waals surface area contributed by atoms with Gasteiger partial charge in [-0.15, -0.1) is 0 Å². The molecule has 6 aromatic rings. The highest BCUT2D eigenvalue weighted by Crippen LogP contribution is 2.35. The number of aryl methyl sites for hydroxylation is 2. The molecule has 0 spiro atoms. The van der Waals surface area contributed by atoms with Gasteiger partial charge in [0.2, 0.25) is 11.8 Å². The number of anilines is 1. The van der Waals surface area contributed by atoms with Crippen LogP contribution in [-0.4, -0.2) is 126 Å². The predicted molar refractivity (Wildman–Crippen MR) is 263 cm³/mol. The molecule has 16 nitrogen and oxygen atoms in total. The Morgan fingerprint density at radius 3 is 2.25 bits per heavy atom. The average molecular weight is 976 g/mol. The van der Waals surface area contributed by atoms with E-state index in [4.69, 9.17) is 0 Å². The number of nitrogens with zero attached hydrogens (tertiary/aromatic N) is 9. The summed E-state index contributed by atoms with van der Waals surface area (Å²) in [4.78, 5) is 77.7. The number of amides is 3. The van der Waals surface area contributed by atoms with E-state index in [1.54, 1.807) is 35.8 Å². The van der Waals surface area contributed by atoms with Gasteiger partial charge in [0.05, 0.1) is 28.6 Å². The molecule has 2 aromatic carbocycles. The molecule has 10 rings (SSSR count). The number of likely N-dealkylation sites (tertiary alicyclic amines) is 2. The molecular weight excluding hydrogens is 916 g/mol. The second kappa shape index (κ2) is 19.6. The van der Waals surface area contributed by atoms with Crippen LogP contribution in [0.15, 0.2) is 70.5 Å². The second-order valence-corrected chi connectivity index (χ2v) is 20.0. The van der Waals surface area contributed by atoms with Gasteiger partial charge in [0.1, 0.15) is 23.3 Å². The number of carbonyl (C=O) groups excluding carboxylic acids is 3. The summed E-state index contributed by atoms with van der Waals surface area (Å²) in [7, 11) is 5.15. The summed E-state index contributed by atoms with van der Waals surface area (Å²) >= 11 is 0. The number of imide groups is 1. The number of rotatable bonds is 11. The third-order valence-corrected chi connectivity index (χ3v) is 15.6. The number of piperazine rings is 1. The summed E-state index contributed by atoms with van der Waals surface area (Å²) in [6.45, 7) is 9.26. The van der Waals surface area contributed by atoms with Gasteiger partial charge in [-0.3, -0.25) is 52.9 Å². The minimum absolute atomic E-state index is 0.0317. The minimum Gasteiger partial charge on any atom is -0.386 e. The van der Waals surface area contributed by atoms with E-state index in [0.29, 0.717) is 86.3 Å². The molecular formula is C52H60F3N11O5. The summed E-state index contributed by atoms with van der Waals surface area (Å²) < 4.78 is 52.8. The molecule has 0 unspecified atom stereocenters. The molecule has 0 radical (unpaired) electrons. The lowest BCUT2D eigenvalue weighted by molar-refractivity contribution is -0.135. The van der Waals surface area contributed by atoms with Crippen LogP contribution in [0.4, 0.5) is 18.9 Å². The number of fused-ring (bicyclic) bond motifs is 2. The number of carbonyl (C=O) groups is 3. The van der Waals surface area contributed by atoms with Crippen LogP contribution in [0.5, 0.6) is 0 Å². The Bertz CT molecular complexity index is 3160. The van der Waals surface area contributed by atoms with Crippen LogP contribution in [0, 0.1) is 23.4 Å². The van der Waals surface area contributed by atoms with E-state index in [1.807, 2.05) is 35.9 Å². The molecule has 0 aliphatic carbocycles. The number of hydrogen-bond donors (Lipinski definition) is 2. The fourth-order valence-electron chi connectivity index (χ4n) is 11.5. The van der Waals surface area contributed by atoms with Crippen LogP contribution >= 0.6 is 0 Å². The van der Waals surface area contributed by atoms with Gasteiger partial charge in [0.25, 0.3) is 11.5 Å². The molecule has 374 valence electrons. The van der Waals surface area contributed by atoms with Crippen molar-refractivity contribution < 1.29 is 27.6 Å². The van der Waals surface area contributed by atoms with Gasteiger partial charge in [-0.1, -0.05) is 6.07 Å². The van der Waals surface area contributed by atoms with E-state index in [9.17, 15) is 28.4 Å². The highest BCUT2D eigenvalue weighted by Gasteiger charge is 2.34. The predicted octanol–water partition coefficient (Wildman–Crippen LogP) is 5.25. The Morgan fingerprint density at radius 2 is 1.55 bits per heavy atom. The number of benzene rings is 2. The molecule has 4 aromatic heterocycles. The number of halogens is 3. The molecule has 0 bridgehead atoms. The van der Waals surface area contributed by atoms with Gasteiger partial charge < -0.3 is 14.8 Å². The Balaban J connectivity index is 0.700. The fourth-order valence-corrected chi connectivity index (χ4v) is 11.5. The topological polar surface area (TPSA) is 155 Å². The number of piperidine rings is 3. The van der Waals surface area contributed by atoms with E-state index in [-0.39, 0.29) is 58.6 Å². The maximum atomic E-state index is 15.9. The van der Waals surface area contributed by atoms with Crippen molar-refractivity contribution in [2.45, 2.75) is 76.5 Å². The minimum atomic E-state index is -0.724. The van der Waals surface area contributed by atoms with Crippen LogP contribution in [0.25, 0.3) is 27.8 Å². The van der Waals surface area contributed by atoms with Gasteiger partial charge in [-0.2, -0.15) is 0 Å². The quantitative estimate of drug-likeness (QED) is 0.165. The Labute approximate surface area is 408 Å². The standard InChI is InChI=1S/C52H60F3N11O5/c1-31-26-62(27-33-5-6-43-45(21-33)60(4)52(71)66(43)44-7-8-46(67)58-50(44)69)19-20-64(31)28-32-10-17-63(18-11-32)51(70)35-22-38(53)48(39(54)23-35)34-12-15-61(16-13-34)29-36-24-37-42(9-14-57-49(37)59(36)3)65-30-40(55)41(56-2)25-47(65)68/h5-6,9,14,21-25,30-32,34,44,56H,7-8,10-13,15-20,26-29H2,1-4H3,(H,58,67,69)/t31-,44-/m0/s1. The zero-order valence-electron chi connectivity index (χ0n) is 40.6. The molecule has 4 aliphatic rings. The number of nitrogens with one attached hydrogen (secondary N) is 2. The van der Waals surface area contributed by atoms with Crippen LogP contribution in [0.2, 0.25) is 0 Å². The third kappa shape index (κ3) is 9.30. The highest BCUT2D eigenvalue weighted by atomic mass is 19.1. The van der Waals surface area contributed by atoms with Gasteiger partial charge in [0, 0.05) is 120 Å². The molecule has 4 fully saturated rings. The summed E-state index contributed by atoms with van der Waals surface area (Å²) in [5.74, 6) is -3.01. The van der Waals surface area contributed by atoms with Crippen molar-refractivity contribution in [3.05, 3.63) is 122 Å². The van der Waals surface area contributed by atoms with E-state index in [1.165, 1.54) is 33.5 Å². The van der Waals surface area contributed by atoms with Crippen molar-refractivity contribution in [1.29, 1.82) is 0 Å². The largest absolute Gasteiger partial charge is 0.386 e. The molecule has 2 N–H and O–H groups in total. The first-order valence-electron chi connectivity index (χ1n) is 24.7. The summed E-state index contributed by atoms with van der Waals surface area (Å²) in [5, 5.41) is 5.75. The first-order chi connectivity index (χ1) is 34.1. The summed E-state index contributed by atoms with van der Waals surface area (Å²) in [6.07, 6.45) is 5.92. The molecule has 3 amide bonds. The van der Waals surface area contributed by atoms with Crippen LogP contribution in [0.1, 0.15) is 84.6 Å². The van der Waals surface area contributed by atoms with E-state index < -0.39 is 29.4 Å². The SMILES string of the molecule is CNc1cc(=O)n(-c2ccnc3c2cc(CN2CCC(c4c(F)cc(C(=O)N5CCC(CN6CCN(Cc7ccc8c(c7)n(C)c(=O)n8[C@H]7CCC(=O)NC7=O)C[C@@H]6C)CC5)cc4F)CC2)n3C)cc1F. The van der Waals surface area contributed by atoms with Crippen molar-refractivity contribution in [3.8, 4) is 5.69 Å². The average Bonchev–Trinajstić information content (AvgIpc) is 3.80. The van der Waals surface area contributed by atoms with Crippen LogP contribution < -0.4 is 21.9 Å². The van der Waals surface area contributed by atoms with Crippen molar-refractivity contribution in [2.24, 2.45) is 20.0 Å². The zero-order valence-corrected chi connectivity index (χ0v) is 40.6. The van der Waals surface area contributed by atoms with Crippen LogP contribution in [0.3, 0.4) is 0 Å². The van der Waals surface area contributed by atoms with E-state index in [0.717, 1.165) is 55.8 Å². The third-order valence-electron chi connectivity index (χ3n) is 15.6. The summed E-state index contributed by atoms with van der Waals surface area (Å²) in [6, 6.07) is 12.8. The lowest BCUT2D eigenvalue weighted by Gasteiger charge is -2.42. The lowest BCUT2D eigenvalue weighted by Crippen LogP contribution is -2.53. The van der Waals surface area contributed by atoms with Crippen molar-refractivity contribution in [2.75, 3.05) is 64.7 Å². The molecule has 19 heteroatoms. The molecule has 4 aliphatic heterocycles. The van der Waals surface area contributed by atoms with Gasteiger partial charge in [0.15, 0.2) is 5.82 Å². The van der Waals surface area contributed by atoms with Gasteiger partial charge in [-0.25, -0.2) is 22.9 Å². The number of aromatic nitrogens is 5. The van der Waals surface area contributed by atoms with E-state index >= 15 is 8.78 Å². The van der Waals surface area contributed by atoms with Crippen molar-refractivity contribution in [1.82, 2.24) is 48.2 Å². The smallest absolute Gasteiger partial charge is 0.329 e. The number of hydrogen-bond acceptors (Lipinski definition) is 10. The Hall–Kier alpha value is -6.57. The lowest BCUT2D eigenvalue weighted by atomic mass is 9.87. The molecule has 8 heterocycles. The highest BCUT2D eigenvalue weighted by molar-refractivity contribution is 6.00. The summed E-state index contributed by atoms with van der Waals surface area (Å²) in [5.41, 5.74) is 4.08. The van der Waals surface area contributed by atoms with E-state index in [2.05, 4.69) is 37.2 Å².